The molecule has 1 N–H and O–H groups in total. The lowest BCUT2D eigenvalue weighted by Gasteiger charge is -2.10. The Labute approximate surface area is 121 Å². The van der Waals surface area contributed by atoms with Gasteiger partial charge in [-0.05, 0) is 36.8 Å². The van der Waals surface area contributed by atoms with E-state index in [2.05, 4.69) is 16.4 Å². The summed E-state index contributed by atoms with van der Waals surface area (Å²) in [5.41, 5.74) is 2.82. The second kappa shape index (κ2) is 5.22. The van der Waals surface area contributed by atoms with Gasteiger partial charge in [0.15, 0.2) is 0 Å². The SMILES string of the molecule is Cc1ccc(F)cc1Nc1cc(C#N)c2ccccc2n1. The number of nitriles is 1. The molecule has 2 aromatic carbocycles. The third kappa shape index (κ3) is 2.54. The molecule has 0 aliphatic carbocycles. The summed E-state index contributed by atoms with van der Waals surface area (Å²) in [5, 5.41) is 13.1. The number of nitrogens with one attached hydrogen (secondary N) is 1. The minimum absolute atomic E-state index is 0.315. The minimum Gasteiger partial charge on any atom is -0.340 e. The largest absolute Gasteiger partial charge is 0.340 e. The van der Waals surface area contributed by atoms with Crippen molar-refractivity contribution in [3.8, 4) is 6.07 Å². The Morgan fingerprint density at radius 1 is 1.14 bits per heavy atom. The lowest BCUT2D eigenvalue weighted by molar-refractivity contribution is 0.628. The summed E-state index contributed by atoms with van der Waals surface area (Å²) < 4.78 is 13.3. The summed E-state index contributed by atoms with van der Waals surface area (Å²) in [6.07, 6.45) is 0. The number of benzene rings is 2. The molecule has 3 aromatic rings. The predicted octanol–water partition coefficient (Wildman–Crippen LogP) is 4.30. The van der Waals surface area contributed by atoms with Crippen molar-refractivity contribution in [2.75, 3.05) is 5.32 Å². The van der Waals surface area contributed by atoms with Crippen molar-refractivity contribution in [1.82, 2.24) is 4.98 Å². The Balaban J connectivity index is 2.09. The van der Waals surface area contributed by atoms with Crippen molar-refractivity contribution in [2.45, 2.75) is 6.92 Å². The molecular formula is C17H12FN3. The van der Waals surface area contributed by atoms with Crippen LogP contribution in [-0.4, -0.2) is 4.98 Å². The van der Waals surface area contributed by atoms with Gasteiger partial charge in [-0.3, -0.25) is 0 Å². The van der Waals surface area contributed by atoms with Crippen molar-refractivity contribution in [2.24, 2.45) is 0 Å². The lowest BCUT2D eigenvalue weighted by atomic mass is 10.1. The van der Waals surface area contributed by atoms with Gasteiger partial charge in [0, 0.05) is 11.1 Å². The zero-order valence-electron chi connectivity index (χ0n) is 11.4. The van der Waals surface area contributed by atoms with Gasteiger partial charge < -0.3 is 5.32 Å². The molecule has 3 nitrogen and oxygen atoms in total. The zero-order chi connectivity index (χ0) is 14.8. The summed E-state index contributed by atoms with van der Waals surface area (Å²) in [5.74, 6) is 0.211. The van der Waals surface area contributed by atoms with Gasteiger partial charge in [0.05, 0.1) is 17.1 Å². The van der Waals surface area contributed by atoms with Crippen LogP contribution in [0.5, 0.6) is 0 Å². The number of rotatable bonds is 2. The maximum Gasteiger partial charge on any atom is 0.132 e. The van der Waals surface area contributed by atoms with Crippen molar-refractivity contribution < 1.29 is 4.39 Å². The molecule has 0 saturated heterocycles. The number of halogens is 1. The lowest BCUT2D eigenvalue weighted by Crippen LogP contribution is -1.98. The van der Waals surface area contributed by atoms with E-state index in [1.54, 1.807) is 12.1 Å². The Hall–Kier alpha value is -2.93. The summed E-state index contributed by atoms with van der Waals surface area (Å²) >= 11 is 0. The number of para-hydroxylation sites is 1. The fourth-order valence-electron chi connectivity index (χ4n) is 2.20. The van der Waals surface area contributed by atoms with Gasteiger partial charge in [-0.25, -0.2) is 9.37 Å². The molecular weight excluding hydrogens is 265 g/mol. The van der Waals surface area contributed by atoms with Gasteiger partial charge in [-0.15, -0.1) is 0 Å². The van der Waals surface area contributed by atoms with Crippen LogP contribution < -0.4 is 5.32 Å². The molecule has 0 atom stereocenters. The normalized spacial score (nSPS) is 10.3. The molecule has 1 aromatic heterocycles. The molecule has 4 heteroatoms. The van der Waals surface area contributed by atoms with E-state index in [4.69, 9.17) is 0 Å². The molecule has 0 unspecified atom stereocenters. The van der Waals surface area contributed by atoms with Gasteiger partial charge in [0.25, 0.3) is 0 Å². The first-order chi connectivity index (χ1) is 10.2. The fourth-order valence-corrected chi connectivity index (χ4v) is 2.20. The van der Waals surface area contributed by atoms with Crippen molar-refractivity contribution in [3.63, 3.8) is 0 Å². The van der Waals surface area contributed by atoms with E-state index in [9.17, 15) is 9.65 Å². The maximum absolute atomic E-state index is 13.3. The molecule has 0 aliphatic rings. The molecule has 0 saturated carbocycles. The Morgan fingerprint density at radius 2 is 1.95 bits per heavy atom. The van der Waals surface area contributed by atoms with E-state index < -0.39 is 0 Å². The summed E-state index contributed by atoms with van der Waals surface area (Å²) in [7, 11) is 0. The van der Waals surface area contributed by atoms with Crippen LogP contribution >= 0.6 is 0 Å². The Kier molecular flexibility index (Phi) is 3.25. The monoisotopic (exact) mass is 277 g/mol. The Bertz CT molecular complexity index is 866. The van der Waals surface area contributed by atoms with E-state index in [-0.39, 0.29) is 5.82 Å². The highest BCUT2D eigenvalue weighted by atomic mass is 19.1. The number of anilines is 2. The third-order valence-corrected chi connectivity index (χ3v) is 3.30. The molecule has 0 fully saturated rings. The molecule has 3 rings (SSSR count). The average Bonchev–Trinajstić information content (AvgIpc) is 2.50. The van der Waals surface area contributed by atoms with E-state index in [0.29, 0.717) is 17.1 Å². The maximum atomic E-state index is 13.3. The standard InChI is InChI=1S/C17H12FN3/c1-11-6-7-13(18)9-16(11)21-17-8-12(10-19)14-4-2-3-5-15(14)20-17/h2-9H,1H3,(H,20,21). The molecule has 0 radical (unpaired) electrons. The van der Waals surface area contributed by atoms with Gasteiger partial charge in [0.2, 0.25) is 0 Å². The first kappa shape index (κ1) is 13.1. The predicted molar refractivity (Wildman–Crippen MR) is 80.9 cm³/mol. The van der Waals surface area contributed by atoms with Crippen LogP contribution in [0.25, 0.3) is 10.9 Å². The number of pyridine rings is 1. The van der Waals surface area contributed by atoms with Crippen molar-refractivity contribution >= 4 is 22.4 Å². The average molecular weight is 277 g/mol. The number of hydrogen-bond donors (Lipinski definition) is 1. The van der Waals surface area contributed by atoms with Crippen LogP contribution in [0.3, 0.4) is 0 Å². The summed E-state index contributed by atoms with van der Waals surface area (Å²) in [6, 6.07) is 15.8. The first-order valence-corrected chi connectivity index (χ1v) is 6.50. The molecule has 0 bridgehead atoms. The topological polar surface area (TPSA) is 48.7 Å². The van der Waals surface area contributed by atoms with Crippen LogP contribution in [0.4, 0.5) is 15.9 Å². The van der Waals surface area contributed by atoms with E-state index in [0.717, 1.165) is 16.5 Å². The van der Waals surface area contributed by atoms with Gasteiger partial charge in [-0.2, -0.15) is 5.26 Å². The first-order valence-electron chi connectivity index (χ1n) is 6.50. The molecule has 102 valence electrons. The van der Waals surface area contributed by atoms with Crippen LogP contribution in [0.2, 0.25) is 0 Å². The van der Waals surface area contributed by atoms with E-state index in [1.165, 1.54) is 12.1 Å². The second-order valence-electron chi connectivity index (χ2n) is 4.77. The minimum atomic E-state index is -0.315. The van der Waals surface area contributed by atoms with E-state index >= 15 is 0 Å². The number of aryl methyl sites for hydroxylation is 1. The van der Waals surface area contributed by atoms with Gasteiger partial charge in [-0.1, -0.05) is 24.3 Å². The van der Waals surface area contributed by atoms with Crippen molar-refractivity contribution in [3.05, 3.63) is 65.5 Å². The number of hydrogen-bond acceptors (Lipinski definition) is 3. The molecule has 0 amide bonds. The number of nitrogens with zero attached hydrogens (tertiary/aromatic N) is 2. The van der Waals surface area contributed by atoms with Gasteiger partial charge >= 0.3 is 0 Å². The fraction of sp³-hybridized carbons (Fsp3) is 0.0588. The molecule has 21 heavy (non-hydrogen) atoms. The highest BCUT2D eigenvalue weighted by molar-refractivity contribution is 5.86. The number of aromatic nitrogens is 1. The molecule has 1 heterocycles. The molecule has 0 aliphatic heterocycles. The smallest absolute Gasteiger partial charge is 0.132 e. The Morgan fingerprint density at radius 3 is 2.76 bits per heavy atom. The zero-order valence-corrected chi connectivity index (χ0v) is 11.4. The van der Waals surface area contributed by atoms with Crippen LogP contribution in [0.1, 0.15) is 11.1 Å². The number of fused-ring (bicyclic) bond motifs is 1. The van der Waals surface area contributed by atoms with Crippen LogP contribution in [-0.2, 0) is 0 Å². The molecule has 0 spiro atoms. The second-order valence-corrected chi connectivity index (χ2v) is 4.77. The summed E-state index contributed by atoms with van der Waals surface area (Å²) in [4.78, 5) is 4.47. The van der Waals surface area contributed by atoms with Gasteiger partial charge in [0.1, 0.15) is 11.6 Å². The van der Waals surface area contributed by atoms with Crippen molar-refractivity contribution in [1.29, 1.82) is 5.26 Å². The quantitative estimate of drug-likeness (QED) is 0.759. The highest BCUT2D eigenvalue weighted by Gasteiger charge is 2.07. The van der Waals surface area contributed by atoms with Crippen LogP contribution in [0.15, 0.2) is 48.5 Å². The highest BCUT2D eigenvalue weighted by Crippen LogP contribution is 2.24. The van der Waals surface area contributed by atoms with Crippen LogP contribution in [0, 0.1) is 24.1 Å². The summed E-state index contributed by atoms with van der Waals surface area (Å²) in [6.45, 7) is 1.88. The van der Waals surface area contributed by atoms with E-state index in [1.807, 2.05) is 31.2 Å². The third-order valence-electron chi connectivity index (χ3n) is 3.30.